The number of methoxy groups -OCH3 is 1. The molecule has 1 rings (SSSR count). The number of nitro groups is 1. The van der Waals surface area contributed by atoms with Crippen LogP contribution in [0, 0.1) is 22.9 Å². The smallest absolute Gasteiger partial charge is 0.341 e. The Labute approximate surface area is 120 Å². The van der Waals surface area contributed by atoms with Gasteiger partial charge < -0.3 is 14.2 Å². The fourth-order valence-electron chi connectivity index (χ4n) is 1.52. The molecule has 0 atom stereocenters. The van der Waals surface area contributed by atoms with Gasteiger partial charge in [-0.05, 0) is 12.5 Å². The van der Waals surface area contributed by atoms with E-state index in [2.05, 4.69) is 0 Å². The van der Waals surface area contributed by atoms with E-state index in [4.69, 9.17) is 14.2 Å². The largest absolute Gasteiger partial charge is 0.460 e. The summed E-state index contributed by atoms with van der Waals surface area (Å²) in [6.07, 6.45) is 0. The van der Waals surface area contributed by atoms with Crippen molar-refractivity contribution in [3.8, 4) is 0 Å². The summed E-state index contributed by atoms with van der Waals surface area (Å²) in [5.41, 5.74) is -0.816. The molecule has 8 heteroatoms. The van der Waals surface area contributed by atoms with Crippen molar-refractivity contribution in [1.29, 1.82) is 0 Å². The second-order valence-corrected chi connectivity index (χ2v) is 4.12. The van der Waals surface area contributed by atoms with Crippen molar-refractivity contribution in [1.82, 2.24) is 0 Å². The van der Waals surface area contributed by atoms with E-state index in [9.17, 15) is 19.3 Å². The van der Waals surface area contributed by atoms with Crippen LogP contribution in [0.2, 0.25) is 0 Å². The maximum Gasteiger partial charge on any atom is 0.341 e. The highest BCUT2D eigenvalue weighted by Crippen LogP contribution is 2.21. The van der Waals surface area contributed by atoms with Gasteiger partial charge in [-0.3, -0.25) is 10.1 Å². The van der Waals surface area contributed by atoms with E-state index < -0.39 is 22.3 Å². The Bertz CT molecular complexity index is 520. The van der Waals surface area contributed by atoms with Crippen LogP contribution in [-0.2, 0) is 14.2 Å². The number of hydrogen-bond donors (Lipinski definition) is 0. The van der Waals surface area contributed by atoms with Crippen LogP contribution in [0.25, 0.3) is 0 Å². The van der Waals surface area contributed by atoms with Gasteiger partial charge in [-0.1, -0.05) is 0 Å². The normalized spacial score (nSPS) is 10.4. The number of carbonyl (C=O) groups is 1. The average Bonchev–Trinajstić information content (AvgIpc) is 2.44. The summed E-state index contributed by atoms with van der Waals surface area (Å²) in [7, 11) is 1.52. The van der Waals surface area contributed by atoms with Gasteiger partial charge in [0, 0.05) is 19.2 Å². The van der Waals surface area contributed by atoms with Gasteiger partial charge >= 0.3 is 5.97 Å². The molecule has 0 aromatic heterocycles. The van der Waals surface area contributed by atoms with Gasteiger partial charge in [0.05, 0.1) is 24.7 Å². The second kappa shape index (κ2) is 8.28. The number of rotatable bonds is 8. The second-order valence-electron chi connectivity index (χ2n) is 4.12. The first-order valence-electron chi connectivity index (χ1n) is 6.15. The summed E-state index contributed by atoms with van der Waals surface area (Å²) in [6.45, 7) is 2.15. The van der Waals surface area contributed by atoms with E-state index in [1.165, 1.54) is 14.0 Å². The summed E-state index contributed by atoms with van der Waals surface area (Å²) < 4.78 is 28.4. The third kappa shape index (κ3) is 5.09. The molecular formula is C13H16FNO6. The predicted octanol–water partition coefficient (Wildman–Crippen LogP) is 1.86. The Balaban J connectivity index is 2.63. The van der Waals surface area contributed by atoms with Crippen LogP contribution in [0.1, 0.15) is 15.9 Å². The minimum atomic E-state index is -0.963. The van der Waals surface area contributed by atoms with Crippen molar-refractivity contribution < 1.29 is 28.3 Å². The molecule has 0 radical (unpaired) electrons. The van der Waals surface area contributed by atoms with Crippen LogP contribution >= 0.6 is 0 Å². The van der Waals surface area contributed by atoms with Crippen molar-refractivity contribution in [3.05, 3.63) is 39.2 Å². The molecule has 7 nitrogen and oxygen atoms in total. The number of ether oxygens (including phenoxy) is 3. The standard InChI is InChI=1S/C13H16FNO6/c1-9-7-10(15(17)18)8-11(12(9)14)13(16)21-6-5-20-4-3-19-2/h7-8H,3-6H2,1-2H3. The number of nitro benzene ring substituents is 1. The van der Waals surface area contributed by atoms with Crippen LogP contribution in [0.4, 0.5) is 10.1 Å². The number of halogens is 1. The molecule has 0 unspecified atom stereocenters. The number of aryl methyl sites for hydroxylation is 1. The van der Waals surface area contributed by atoms with Crippen LogP contribution in [0.5, 0.6) is 0 Å². The first-order chi connectivity index (χ1) is 9.97. The molecule has 1 aromatic carbocycles. The summed E-state index contributed by atoms with van der Waals surface area (Å²) in [6, 6.07) is 1.91. The summed E-state index contributed by atoms with van der Waals surface area (Å²) >= 11 is 0. The summed E-state index contributed by atoms with van der Waals surface area (Å²) in [4.78, 5) is 21.7. The first kappa shape index (κ1) is 17.0. The van der Waals surface area contributed by atoms with E-state index in [-0.39, 0.29) is 24.5 Å². The number of benzene rings is 1. The lowest BCUT2D eigenvalue weighted by molar-refractivity contribution is -0.385. The Kier molecular flexibility index (Phi) is 6.70. The van der Waals surface area contributed by atoms with Crippen molar-refractivity contribution in [2.75, 3.05) is 33.5 Å². The van der Waals surface area contributed by atoms with Gasteiger partial charge in [0.15, 0.2) is 0 Å². The summed E-state index contributed by atoms with van der Waals surface area (Å²) in [5, 5.41) is 10.7. The molecule has 0 N–H and O–H groups in total. The molecule has 116 valence electrons. The zero-order chi connectivity index (χ0) is 15.8. The van der Waals surface area contributed by atoms with Gasteiger partial charge in [-0.15, -0.1) is 0 Å². The molecule has 1 aromatic rings. The Morgan fingerprint density at radius 1 is 1.29 bits per heavy atom. The molecule has 0 heterocycles. The zero-order valence-electron chi connectivity index (χ0n) is 11.8. The number of non-ortho nitro benzene ring substituents is 1. The minimum Gasteiger partial charge on any atom is -0.460 e. The van der Waals surface area contributed by atoms with Crippen molar-refractivity contribution in [2.45, 2.75) is 6.92 Å². The van der Waals surface area contributed by atoms with Crippen molar-refractivity contribution >= 4 is 11.7 Å². The molecule has 21 heavy (non-hydrogen) atoms. The summed E-state index contributed by atoms with van der Waals surface area (Å²) in [5.74, 6) is -1.79. The van der Waals surface area contributed by atoms with Gasteiger partial charge in [0.2, 0.25) is 0 Å². The van der Waals surface area contributed by atoms with E-state index >= 15 is 0 Å². The highest BCUT2D eigenvalue weighted by Gasteiger charge is 2.20. The van der Waals surface area contributed by atoms with Crippen LogP contribution in [0.15, 0.2) is 12.1 Å². The van der Waals surface area contributed by atoms with E-state index in [0.29, 0.717) is 13.2 Å². The molecule has 0 aliphatic carbocycles. The van der Waals surface area contributed by atoms with Crippen LogP contribution in [0.3, 0.4) is 0 Å². The molecule has 0 bridgehead atoms. The van der Waals surface area contributed by atoms with Gasteiger partial charge in [-0.25, -0.2) is 9.18 Å². The van der Waals surface area contributed by atoms with E-state index in [1.807, 2.05) is 0 Å². The zero-order valence-corrected chi connectivity index (χ0v) is 11.8. The molecule has 0 amide bonds. The third-order valence-corrected chi connectivity index (χ3v) is 2.56. The number of nitrogens with zero attached hydrogens (tertiary/aromatic N) is 1. The van der Waals surface area contributed by atoms with E-state index in [1.54, 1.807) is 0 Å². The Hall–Kier alpha value is -2.06. The minimum absolute atomic E-state index is 0.00694. The van der Waals surface area contributed by atoms with Crippen molar-refractivity contribution in [3.63, 3.8) is 0 Å². The number of esters is 1. The Morgan fingerprint density at radius 2 is 1.95 bits per heavy atom. The monoisotopic (exact) mass is 301 g/mol. The van der Waals surface area contributed by atoms with Crippen LogP contribution in [-0.4, -0.2) is 44.4 Å². The lowest BCUT2D eigenvalue weighted by Gasteiger charge is -2.07. The lowest BCUT2D eigenvalue weighted by atomic mass is 10.1. The molecule has 0 fully saturated rings. The van der Waals surface area contributed by atoms with Gasteiger partial charge in [0.25, 0.3) is 5.69 Å². The molecule has 0 aliphatic heterocycles. The van der Waals surface area contributed by atoms with Crippen LogP contribution < -0.4 is 0 Å². The fraction of sp³-hybridized carbons (Fsp3) is 0.462. The molecule has 0 aliphatic rings. The highest BCUT2D eigenvalue weighted by molar-refractivity contribution is 5.90. The average molecular weight is 301 g/mol. The third-order valence-electron chi connectivity index (χ3n) is 2.56. The molecule has 0 saturated heterocycles. The SMILES string of the molecule is COCCOCCOC(=O)c1cc([N+](=O)[O-])cc(C)c1F. The van der Waals surface area contributed by atoms with Gasteiger partial charge in [0.1, 0.15) is 18.0 Å². The maximum absolute atomic E-state index is 13.8. The molecule has 0 spiro atoms. The quantitative estimate of drug-likeness (QED) is 0.315. The molecule has 0 saturated carbocycles. The Morgan fingerprint density at radius 3 is 2.57 bits per heavy atom. The first-order valence-corrected chi connectivity index (χ1v) is 6.15. The fourth-order valence-corrected chi connectivity index (χ4v) is 1.52. The molecular weight excluding hydrogens is 285 g/mol. The van der Waals surface area contributed by atoms with Gasteiger partial charge in [-0.2, -0.15) is 0 Å². The highest BCUT2D eigenvalue weighted by atomic mass is 19.1. The maximum atomic E-state index is 13.8. The van der Waals surface area contributed by atoms with E-state index in [0.717, 1.165) is 12.1 Å². The number of hydrogen-bond acceptors (Lipinski definition) is 6. The number of carbonyl (C=O) groups excluding carboxylic acids is 1. The lowest BCUT2D eigenvalue weighted by Crippen LogP contribution is -2.14. The van der Waals surface area contributed by atoms with Crippen molar-refractivity contribution in [2.24, 2.45) is 0 Å². The topological polar surface area (TPSA) is 87.9 Å². The predicted molar refractivity (Wildman–Crippen MR) is 70.8 cm³/mol.